The van der Waals surface area contributed by atoms with E-state index in [-0.39, 0.29) is 38.5 Å². The Bertz CT molecular complexity index is 457. The van der Waals surface area contributed by atoms with Crippen LogP contribution in [-0.2, 0) is 39.1 Å². The van der Waals surface area contributed by atoms with Gasteiger partial charge in [0.1, 0.15) is 0 Å². The second kappa shape index (κ2) is 9.66. The molecule has 2 aliphatic carbocycles. The van der Waals surface area contributed by atoms with E-state index >= 15 is 0 Å². The Balaban J connectivity index is 0.00000192. The maximum Gasteiger partial charge on any atom is 0.0111 e. The molecule has 2 aliphatic rings. The van der Waals surface area contributed by atoms with Gasteiger partial charge in [0, 0.05) is 38.5 Å². The third kappa shape index (κ3) is 5.92. The van der Waals surface area contributed by atoms with Crippen molar-refractivity contribution in [2.24, 2.45) is 23.7 Å². The molecule has 1 aromatic carbocycles. The zero-order chi connectivity index (χ0) is 15.4. The molecular formula is C21H30FY-. The fraction of sp³-hybridized carbons (Fsp3) is 0.714. The predicted molar refractivity (Wildman–Crippen MR) is 90.1 cm³/mol. The number of benzene rings is 1. The summed E-state index contributed by atoms with van der Waals surface area (Å²) in [5.74, 6) is 3.65. The molecule has 2 fully saturated rings. The van der Waals surface area contributed by atoms with Crippen molar-refractivity contribution < 1.29 is 37.1 Å². The topological polar surface area (TPSA) is 0 Å². The van der Waals surface area contributed by atoms with Crippen LogP contribution in [0.25, 0.3) is 0 Å². The van der Waals surface area contributed by atoms with Crippen molar-refractivity contribution in [1.82, 2.24) is 0 Å². The van der Waals surface area contributed by atoms with E-state index in [2.05, 4.69) is 13.0 Å². The van der Waals surface area contributed by atoms with Crippen LogP contribution in [0.5, 0.6) is 0 Å². The maximum absolute atomic E-state index is 13.2. The number of halogens is 1. The third-order valence-electron chi connectivity index (χ3n) is 6.29. The summed E-state index contributed by atoms with van der Waals surface area (Å²) < 4.78 is 13.2. The van der Waals surface area contributed by atoms with Gasteiger partial charge in [-0.1, -0.05) is 39.0 Å². The van der Waals surface area contributed by atoms with E-state index in [1.165, 1.54) is 57.8 Å². The Morgan fingerprint density at radius 1 is 1.00 bits per heavy atom. The van der Waals surface area contributed by atoms with Crippen LogP contribution in [0.3, 0.4) is 0 Å². The molecule has 125 valence electrons. The smallest absolute Gasteiger partial charge is 0.0111 e. The van der Waals surface area contributed by atoms with Gasteiger partial charge in [0.2, 0.25) is 0 Å². The van der Waals surface area contributed by atoms with Crippen LogP contribution in [0.1, 0.15) is 70.3 Å². The van der Waals surface area contributed by atoms with Crippen molar-refractivity contribution in [1.29, 1.82) is 0 Å². The Hall–Kier alpha value is 0.254. The van der Waals surface area contributed by atoms with E-state index in [9.17, 15) is 4.39 Å². The predicted octanol–water partition coefficient (Wildman–Crippen LogP) is 6.19. The van der Waals surface area contributed by atoms with Crippen molar-refractivity contribution in [3.8, 4) is 0 Å². The zero-order valence-corrected chi connectivity index (χ0v) is 17.4. The molecule has 0 saturated heterocycles. The molecule has 2 heteroatoms. The minimum absolute atomic E-state index is 0. The van der Waals surface area contributed by atoms with Crippen LogP contribution in [0.2, 0.25) is 0 Å². The van der Waals surface area contributed by atoms with Gasteiger partial charge in [-0.15, -0.1) is 12.1 Å². The van der Waals surface area contributed by atoms with Gasteiger partial charge < -0.3 is 0 Å². The standard InChI is InChI=1S/C21H30F.Y/c1-16-5-11-19(12-6-16)20-13-9-17(10-14-20)7-8-18-3-2-4-21(22)15-18;/h2-3,15-17,19-20H,5-14H2,1H3;/q-1;. The van der Waals surface area contributed by atoms with Gasteiger partial charge in [0.15, 0.2) is 0 Å². The van der Waals surface area contributed by atoms with E-state index < -0.39 is 0 Å². The van der Waals surface area contributed by atoms with Gasteiger partial charge in [0.25, 0.3) is 0 Å². The summed E-state index contributed by atoms with van der Waals surface area (Å²) in [5.41, 5.74) is 1.14. The zero-order valence-electron chi connectivity index (χ0n) is 14.6. The summed E-state index contributed by atoms with van der Waals surface area (Å²) in [5, 5.41) is 0. The normalized spacial score (nSPS) is 31.4. The first kappa shape index (κ1) is 19.6. The second-order valence-corrected chi connectivity index (χ2v) is 7.88. The fourth-order valence-corrected chi connectivity index (χ4v) is 4.71. The van der Waals surface area contributed by atoms with Crippen molar-refractivity contribution in [3.63, 3.8) is 0 Å². The summed E-state index contributed by atoms with van der Waals surface area (Å²) in [6.07, 6.45) is 13.8. The van der Waals surface area contributed by atoms with Gasteiger partial charge in [-0.05, 0) is 55.8 Å². The fourth-order valence-electron chi connectivity index (χ4n) is 4.71. The monoisotopic (exact) mass is 390 g/mol. The van der Waals surface area contributed by atoms with E-state index in [4.69, 9.17) is 0 Å². The molecule has 0 heterocycles. The molecule has 0 spiro atoms. The first-order valence-electron chi connectivity index (χ1n) is 9.37. The van der Waals surface area contributed by atoms with Crippen LogP contribution in [0.15, 0.2) is 18.2 Å². The van der Waals surface area contributed by atoms with Crippen LogP contribution < -0.4 is 0 Å². The van der Waals surface area contributed by atoms with E-state index in [0.29, 0.717) is 0 Å². The van der Waals surface area contributed by atoms with Crippen LogP contribution in [-0.4, -0.2) is 0 Å². The van der Waals surface area contributed by atoms with Gasteiger partial charge >= 0.3 is 0 Å². The van der Waals surface area contributed by atoms with Crippen LogP contribution >= 0.6 is 0 Å². The minimum atomic E-state index is -0.215. The number of hydrogen-bond acceptors (Lipinski definition) is 0. The largest absolute Gasteiger partial charge is 0.236 e. The number of hydrogen-bond donors (Lipinski definition) is 0. The number of rotatable bonds is 4. The molecular weight excluding hydrogens is 360 g/mol. The Kier molecular flexibility index (Phi) is 8.22. The van der Waals surface area contributed by atoms with Crippen LogP contribution in [0, 0.1) is 35.6 Å². The molecule has 0 aromatic heterocycles. The SMILES string of the molecule is CC1CCC(C2CCC(CCc3cc[c-]c(F)c3)CC2)CC1.[Y]. The van der Waals surface area contributed by atoms with Gasteiger partial charge in [0.05, 0.1) is 0 Å². The molecule has 2 saturated carbocycles. The molecule has 0 atom stereocenters. The van der Waals surface area contributed by atoms with Crippen molar-refractivity contribution in [3.05, 3.63) is 35.6 Å². The summed E-state index contributed by atoms with van der Waals surface area (Å²) in [6, 6.07) is 7.96. The molecule has 3 rings (SSSR count). The number of aryl methyl sites for hydroxylation is 1. The van der Waals surface area contributed by atoms with Gasteiger partial charge in [-0.3, -0.25) is 0 Å². The summed E-state index contributed by atoms with van der Waals surface area (Å²) >= 11 is 0. The van der Waals surface area contributed by atoms with Crippen molar-refractivity contribution in [2.75, 3.05) is 0 Å². The van der Waals surface area contributed by atoms with Gasteiger partial charge in [-0.25, -0.2) is 4.39 Å². The quantitative estimate of drug-likeness (QED) is 0.538. The average molecular weight is 390 g/mol. The first-order valence-corrected chi connectivity index (χ1v) is 9.37. The Morgan fingerprint density at radius 2 is 1.61 bits per heavy atom. The first-order chi connectivity index (χ1) is 10.7. The Labute approximate surface area is 166 Å². The average Bonchev–Trinajstić information content (AvgIpc) is 2.54. The van der Waals surface area contributed by atoms with E-state index in [0.717, 1.165) is 35.7 Å². The maximum atomic E-state index is 13.2. The molecule has 0 bridgehead atoms. The van der Waals surface area contributed by atoms with Gasteiger partial charge in [-0.2, -0.15) is 17.7 Å². The molecule has 1 radical (unpaired) electrons. The second-order valence-electron chi connectivity index (χ2n) is 7.88. The Morgan fingerprint density at radius 3 is 2.22 bits per heavy atom. The van der Waals surface area contributed by atoms with E-state index in [1.54, 1.807) is 12.1 Å². The third-order valence-corrected chi connectivity index (χ3v) is 6.29. The minimum Gasteiger partial charge on any atom is -0.236 e. The molecule has 0 unspecified atom stereocenters. The molecule has 0 aliphatic heterocycles. The molecule has 0 amide bonds. The summed E-state index contributed by atoms with van der Waals surface area (Å²) in [4.78, 5) is 0. The molecule has 1 aromatic rings. The van der Waals surface area contributed by atoms with E-state index in [1.807, 2.05) is 6.07 Å². The summed E-state index contributed by atoms with van der Waals surface area (Å²) in [7, 11) is 0. The molecule has 0 nitrogen and oxygen atoms in total. The summed E-state index contributed by atoms with van der Waals surface area (Å²) in [6.45, 7) is 2.41. The molecule has 23 heavy (non-hydrogen) atoms. The molecule has 0 N–H and O–H groups in total. The van der Waals surface area contributed by atoms with Crippen molar-refractivity contribution >= 4 is 0 Å². The van der Waals surface area contributed by atoms with Crippen LogP contribution in [0.4, 0.5) is 4.39 Å². The van der Waals surface area contributed by atoms with Crippen molar-refractivity contribution in [2.45, 2.75) is 71.1 Å².